The maximum absolute atomic E-state index is 4.99. The van der Waals surface area contributed by atoms with Gasteiger partial charge >= 0.3 is 0 Å². The van der Waals surface area contributed by atoms with E-state index in [2.05, 4.69) is 37.7 Å². The molecular weight excluding hydrogens is 258 g/mol. The van der Waals surface area contributed by atoms with Crippen LogP contribution in [-0.2, 0) is 19.4 Å². The van der Waals surface area contributed by atoms with E-state index in [4.69, 9.17) is 5.10 Å². The van der Waals surface area contributed by atoms with Crippen LogP contribution in [0.1, 0.15) is 82.8 Å². The minimum atomic E-state index is 0.470. The van der Waals surface area contributed by atoms with E-state index >= 15 is 0 Å². The number of aromatic nitrogens is 2. The van der Waals surface area contributed by atoms with Gasteiger partial charge in [-0.15, -0.1) is 0 Å². The number of hydrogen-bond acceptors (Lipinski definition) is 2. The van der Waals surface area contributed by atoms with Crippen molar-refractivity contribution in [2.75, 3.05) is 6.54 Å². The number of aryl methyl sites for hydroxylation is 1. The molecule has 0 aromatic carbocycles. The lowest BCUT2D eigenvalue weighted by atomic mass is 9.99. The molecular formula is C18H33N3. The zero-order valence-electron chi connectivity index (χ0n) is 14.4. The first kappa shape index (κ1) is 16.5. The molecule has 1 fully saturated rings. The van der Waals surface area contributed by atoms with Crippen LogP contribution in [0.15, 0.2) is 0 Å². The summed E-state index contributed by atoms with van der Waals surface area (Å²) in [6, 6.07) is 0.470. The maximum Gasteiger partial charge on any atom is 0.0672 e. The van der Waals surface area contributed by atoms with Gasteiger partial charge in [-0.25, -0.2) is 0 Å². The Bertz CT molecular complexity index is 430. The Kier molecular flexibility index (Phi) is 6.28. The van der Waals surface area contributed by atoms with Crippen molar-refractivity contribution in [3.05, 3.63) is 17.0 Å². The summed E-state index contributed by atoms with van der Waals surface area (Å²) in [5.41, 5.74) is 4.30. The Hall–Kier alpha value is -0.830. The van der Waals surface area contributed by atoms with E-state index in [9.17, 15) is 0 Å². The lowest BCUT2D eigenvalue weighted by Gasteiger charge is -2.19. The van der Waals surface area contributed by atoms with E-state index < -0.39 is 0 Å². The van der Waals surface area contributed by atoms with Crippen LogP contribution < -0.4 is 5.32 Å². The molecule has 1 heterocycles. The van der Waals surface area contributed by atoms with E-state index in [1.807, 2.05) is 0 Å². The molecule has 21 heavy (non-hydrogen) atoms. The molecule has 1 aromatic heterocycles. The van der Waals surface area contributed by atoms with Crippen LogP contribution in [0, 0.1) is 5.92 Å². The third-order valence-electron chi connectivity index (χ3n) is 4.96. The summed E-state index contributed by atoms with van der Waals surface area (Å²) in [5.74, 6) is 0.854. The van der Waals surface area contributed by atoms with Crippen molar-refractivity contribution < 1.29 is 0 Å². The van der Waals surface area contributed by atoms with Gasteiger partial charge in [-0.1, -0.05) is 40.5 Å². The molecule has 0 spiro atoms. The molecule has 120 valence electrons. The SMILES string of the molecule is CCNC(CC)c1c(CC)nn(CC2CCCC2)c1CC. The van der Waals surface area contributed by atoms with Gasteiger partial charge in [0.25, 0.3) is 0 Å². The third-order valence-corrected chi connectivity index (χ3v) is 4.96. The summed E-state index contributed by atoms with van der Waals surface area (Å²) in [5, 5.41) is 8.64. The van der Waals surface area contributed by atoms with Gasteiger partial charge in [0.05, 0.1) is 5.69 Å². The predicted octanol–water partition coefficient (Wildman–Crippen LogP) is 4.26. The summed E-state index contributed by atoms with van der Waals surface area (Å²) in [4.78, 5) is 0. The predicted molar refractivity (Wildman–Crippen MR) is 89.6 cm³/mol. The van der Waals surface area contributed by atoms with Gasteiger partial charge < -0.3 is 5.32 Å². The van der Waals surface area contributed by atoms with Crippen molar-refractivity contribution in [3.8, 4) is 0 Å². The molecule has 1 atom stereocenters. The third kappa shape index (κ3) is 3.68. The second kappa shape index (κ2) is 7.98. The topological polar surface area (TPSA) is 29.9 Å². The molecule has 0 radical (unpaired) electrons. The first-order valence-electron chi connectivity index (χ1n) is 9.06. The molecule has 0 bridgehead atoms. The standard InChI is InChI=1S/C18H33N3/c1-5-15(19-8-4)18-16(6-2)20-21(17(18)7-3)13-14-11-9-10-12-14/h14-15,19H,5-13H2,1-4H3. The summed E-state index contributed by atoms with van der Waals surface area (Å²) < 4.78 is 2.35. The van der Waals surface area contributed by atoms with E-state index in [-0.39, 0.29) is 0 Å². The van der Waals surface area contributed by atoms with Crippen molar-refractivity contribution in [2.45, 2.75) is 85.2 Å². The molecule has 3 heteroatoms. The van der Waals surface area contributed by atoms with Crippen LogP contribution in [0.3, 0.4) is 0 Å². The largest absolute Gasteiger partial charge is 0.310 e. The number of nitrogens with zero attached hydrogens (tertiary/aromatic N) is 2. The molecule has 1 unspecified atom stereocenters. The van der Waals surface area contributed by atoms with Crippen molar-refractivity contribution in [1.82, 2.24) is 15.1 Å². The molecule has 0 aliphatic heterocycles. The van der Waals surface area contributed by atoms with E-state index in [0.29, 0.717) is 6.04 Å². The first-order chi connectivity index (χ1) is 10.2. The van der Waals surface area contributed by atoms with Crippen LogP contribution >= 0.6 is 0 Å². The van der Waals surface area contributed by atoms with Crippen molar-refractivity contribution in [3.63, 3.8) is 0 Å². The van der Waals surface area contributed by atoms with Gasteiger partial charge in [0.1, 0.15) is 0 Å². The van der Waals surface area contributed by atoms with E-state index in [0.717, 1.165) is 38.3 Å². The molecule has 1 aliphatic carbocycles. The fourth-order valence-corrected chi connectivity index (χ4v) is 3.89. The first-order valence-corrected chi connectivity index (χ1v) is 9.06. The molecule has 2 rings (SSSR count). The highest BCUT2D eigenvalue weighted by Gasteiger charge is 2.24. The maximum atomic E-state index is 4.99. The van der Waals surface area contributed by atoms with Crippen molar-refractivity contribution in [1.29, 1.82) is 0 Å². The van der Waals surface area contributed by atoms with Crippen LogP contribution in [0.4, 0.5) is 0 Å². The highest BCUT2D eigenvalue weighted by atomic mass is 15.3. The second-order valence-electron chi connectivity index (χ2n) is 6.37. The molecule has 0 amide bonds. The number of nitrogens with one attached hydrogen (secondary N) is 1. The summed E-state index contributed by atoms with van der Waals surface area (Å²) in [6.45, 7) is 11.2. The summed E-state index contributed by atoms with van der Waals surface area (Å²) in [7, 11) is 0. The Morgan fingerprint density at radius 1 is 1.14 bits per heavy atom. The van der Waals surface area contributed by atoms with Gasteiger partial charge in [0.15, 0.2) is 0 Å². The van der Waals surface area contributed by atoms with Crippen molar-refractivity contribution >= 4 is 0 Å². The minimum absolute atomic E-state index is 0.470. The molecule has 3 nitrogen and oxygen atoms in total. The summed E-state index contributed by atoms with van der Waals surface area (Å²) >= 11 is 0. The highest BCUT2D eigenvalue weighted by Crippen LogP contribution is 2.30. The van der Waals surface area contributed by atoms with Gasteiger partial charge in [-0.05, 0) is 44.6 Å². The Morgan fingerprint density at radius 3 is 2.38 bits per heavy atom. The number of hydrogen-bond donors (Lipinski definition) is 1. The fourth-order valence-electron chi connectivity index (χ4n) is 3.89. The van der Waals surface area contributed by atoms with Gasteiger partial charge in [-0.3, -0.25) is 4.68 Å². The normalized spacial score (nSPS) is 17.5. The van der Waals surface area contributed by atoms with Crippen LogP contribution in [0.25, 0.3) is 0 Å². The van der Waals surface area contributed by atoms with Gasteiger partial charge in [0.2, 0.25) is 0 Å². The minimum Gasteiger partial charge on any atom is -0.310 e. The quantitative estimate of drug-likeness (QED) is 0.775. The van der Waals surface area contributed by atoms with Crippen LogP contribution in [0.5, 0.6) is 0 Å². The zero-order chi connectivity index (χ0) is 15.2. The second-order valence-corrected chi connectivity index (χ2v) is 6.37. The van der Waals surface area contributed by atoms with E-state index in [1.54, 1.807) is 0 Å². The zero-order valence-corrected chi connectivity index (χ0v) is 14.4. The molecule has 1 N–H and O–H groups in total. The van der Waals surface area contributed by atoms with Gasteiger partial charge in [0, 0.05) is 23.8 Å². The van der Waals surface area contributed by atoms with Gasteiger partial charge in [-0.2, -0.15) is 5.10 Å². The summed E-state index contributed by atoms with van der Waals surface area (Å²) in [6.07, 6.45) is 8.89. The molecule has 1 aromatic rings. The Morgan fingerprint density at radius 2 is 1.86 bits per heavy atom. The monoisotopic (exact) mass is 291 g/mol. The van der Waals surface area contributed by atoms with Crippen LogP contribution in [0.2, 0.25) is 0 Å². The van der Waals surface area contributed by atoms with Crippen molar-refractivity contribution in [2.24, 2.45) is 5.92 Å². The lowest BCUT2D eigenvalue weighted by molar-refractivity contribution is 0.417. The van der Waals surface area contributed by atoms with E-state index in [1.165, 1.54) is 42.6 Å². The average molecular weight is 291 g/mol. The molecule has 0 saturated heterocycles. The lowest BCUT2D eigenvalue weighted by Crippen LogP contribution is -2.22. The smallest absolute Gasteiger partial charge is 0.0672 e. The fraction of sp³-hybridized carbons (Fsp3) is 0.833. The Labute approximate surface area is 130 Å². The molecule has 1 aliphatic rings. The molecule has 1 saturated carbocycles. The van der Waals surface area contributed by atoms with Crippen LogP contribution in [-0.4, -0.2) is 16.3 Å². The highest BCUT2D eigenvalue weighted by molar-refractivity contribution is 5.30. The number of rotatable bonds is 8. The average Bonchev–Trinajstić information content (AvgIpc) is 3.12. The Balaban J connectivity index is 2.30.